The maximum Gasteiger partial charge on any atom is 0.254 e. The van der Waals surface area contributed by atoms with Crippen LogP contribution in [-0.2, 0) is 16.3 Å². The predicted molar refractivity (Wildman–Crippen MR) is 70.4 cm³/mol. The number of carbonyl (C=O) groups excluding carboxylic acids is 1. The van der Waals surface area contributed by atoms with E-state index in [0.29, 0.717) is 19.5 Å². The fourth-order valence-electron chi connectivity index (χ4n) is 2.21. The Hall–Kier alpha value is -1.36. The van der Waals surface area contributed by atoms with Crippen molar-refractivity contribution in [1.29, 1.82) is 0 Å². The molecule has 1 aliphatic rings. The van der Waals surface area contributed by atoms with Gasteiger partial charge in [0.25, 0.3) is 5.91 Å². The summed E-state index contributed by atoms with van der Waals surface area (Å²) in [5.74, 6) is 0.156. The number of fused-ring (bicyclic) bond motifs is 1. The molecule has 1 amide bonds. The van der Waals surface area contributed by atoms with Gasteiger partial charge in [0.1, 0.15) is 9.84 Å². The number of hydrogen-bond donors (Lipinski definition) is 0. The molecule has 0 radical (unpaired) electrons. The summed E-state index contributed by atoms with van der Waals surface area (Å²) in [7, 11) is -2.94. The van der Waals surface area contributed by atoms with E-state index in [0.717, 1.165) is 17.5 Å². The first kappa shape index (κ1) is 13.1. The molecule has 0 aromatic heterocycles. The lowest BCUT2D eigenvalue weighted by atomic mass is 9.99. The Balaban J connectivity index is 2.00. The number of sulfone groups is 1. The molecule has 0 bridgehead atoms. The van der Waals surface area contributed by atoms with Crippen LogP contribution in [0.15, 0.2) is 24.3 Å². The van der Waals surface area contributed by atoms with Crippen molar-refractivity contribution < 1.29 is 13.2 Å². The molecule has 5 heteroatoms. The Bertz CT molecular complexity index is 551. The van der Waals surface area contributed by atoms with Crippen molar-refractivity contribution in [3.63, 3.8) is 0 Å². The molecule has 1 heterocycles. The average Bonchev–Trinajstić information content (AvgIpc) is 2.31. The number of nitrogens with zero attached hydrogens (tertiary/aromatic N) is 1. The molecule has 0 spiro atoms. The summed E-state index contributed by atoms with van der Waals surface area (Å²) in [5.41, 5.74) is 1.84. The fourth-order valence-corrected chi connectivity index (χ4v) is 2.86. The topological polar surface area (TPSA) is 54.5 Å². The summed E-state index contributed by atoms with van der Waals surface area (Å²) in [6.07, 6.45) is 2.58. The predicted octanol–water partition coefficient (Wildman–Crippen LogP) is 1.12. The van der Waals surface area contributed by atoms with Crippen molar-refractivity contribution >= 4 is 15.7 Å². The summed E-state index contributed by atoms with van der Waals surface area (Å²) < 4.78 is 22.1. The largest absolute Gasteiger partial charge is 0.338 e. The van der Waals surface area contributed by atoms with Crippen LogP contribution < -0.4 is 0 Å². The second kappa shape index (κ2) is 5.10. The van der Waals surface area contributed by atoms with Crippen molar-refractivity contribution in [1.82, 2.24) is 4.90 Å². The highest BCUT2D eigenvalue weighted by Gasteiger charge is 2.23. The van der Waals surface area contributed by atoms with Gasteiger partial charge in [0, 0.05) is 24.9 Å². The third-order valence-electron chi connectivity index (χ3n) is 3.13. The molecule has 0 saturated carbocycles. The van der Waals surface area contributed by atoms with Crippen LogP contribution in [0.3, 0.4) is 0 Å². The average molecular weight is 267 g/mol. The van der Waals surface area contributed by atoms with Crippen LogP contribution in [0, 0.1) is 0 Å². The molecule has 1 aromatic rings. The van der Waals surface area contributed by atoms with E-state index < -0.39 is 9.84 Å². The quantitative estimate of drug-likeness (QED) is 0.821. The van der Waals surface area contributed by atoms with Crippen molar-refractivity contribution in [3.05, 3.63) is 35.4 Å². The number of benzene rings is 1. The first-order chi connectivity index (χ1) is 8.47. The maximum atomic E-state index is 12.1. The molecule has 1 aliphatic heterocycles. The van der Waals surface area contributed by atoms with E-state index in [9.17, 15) is 13.2 Å². The third kappa shape index (κ3) is 3.10. The van der Waals surface area contributed by atoms with Gasteiger partial charge in [-0.3, -0.25) is 4.79 Å². The van der Waals surface area contributed by atoms with Gasteiger partial charge in [-0.25, -0.2) is 8.42 Å². The van der Waals surface area contributed by atoms with Crippen LogP contribution in [0.2, 0.25) is 0 Å². The lowest BCUT2D eigenvalue weighted by molar-refractivity contribution is 0.0740. The van der Waals surface area contributed by atoms with Crippen LogP contribution in [0.4, 0.5) is 0 Å². The Morgan fingerprint density at radius 2 is 2.00 bits per heavy atom. The molecule has 0 saturated heterocycles. The first-order valence-corrected chi connectivity index (χ1v) is 8.08. The van der Waals surface area contributed by atoms with E-state index in [1.54, 1.807) is 4.90 Å². The van der Waals surface area contributed by atoms with Crippen LogP contribution in [0.25, 0.3) is 0 Å². The second-order valence-electron chi connectivity index (χ2n) is 4.68. The first-order valence-electron chi connectivity index (χ1n) is 6.02. The van der Waals surface area contributed by atoms with Gasteiger partial charge >= 0.3 is 0 Å². The SMILES string of the molecule is CS(=O)(=O)CCCN1CCc2ccccc2C1=O. The number of hydrogen-bond acceptors (Lipinski definition) is 3. The van der Waals surface area contributed by atoms with Gasteiger partial charge in [0.05, 0.1) is 5.75 Å². The zero-order valence-corrected chi connectivity index (χ0v) is 11.2. The third-order valence-corrected chi connectivity index (χ3v) is 4.16. The van der Waals surface area contributed by atoms with Gasteiger partial charge in [-0.1, -0.05) is 18.2 Å². The van der Waals surface area contributed by atoms with Crippen molar-refractivity contribution in [2.24, 2.45) is 0 Å². The van der Waals surface area contributed by atoms with Crippen molar-refractivity contribution in [2.75, 3.05) is 25.1 Å². The molecular weight excluding hydrogens is 250 g/mol. The molecule has 0 N–H and O–H groups in total. The molecule has 0 atom stereocenters. The van der Waals surface area contributed by atoms with E-state index in [4.69, 9.17) is 0 Å². The lowest BCUT2D eigenvalue weighted by Crippen LogP contribution is -2.38. The molecule has 2 rings (SSSR count). The molecule has 0 fully saturated rings. The van der Waals surface area contributed by atoms with E-state index in [1.165, 1.54) is 6.26 Å². The van der Waals surface area contributed by atoms with Gasteiger partial charge in [0.15, 0.2) is 0 Å². The number of carbonyl (C=O) groups is 1. The maximum absolute atomic E-state index is 12.1. The van der Waals surface area contributed by atoms with Gasteiger partial charge < -0.3 is 4.90 Å². The molecular formula is C13H17NO3S. The Kier molecular flexibility index (Phi) is 3.71. The van der Waals surface area contributed by atoms with Gasteiger partial charge in [-0.15, -0.1) is 0 Å². The fraction of sp³-hybridized carbons (Fsp3) is 0.462. The van der Waals surface area contributed by atoms with Crippen molar-refractivity contribution in [3.8, 4) is 0 Å². The molecule has 18 heavy (non-hydrogen) atoms. The summed E-state index contributed by atoms with van der Waals surface area (Å²) in [4.78, 5) is 13.9. The van der Waals surface area contributed by atoms with E-state index in [-0.39, 0.29) is 11.7 Å². The monoisotopic (exact) mass is 267 g/mol. The Morgan fingerprint density at radius 1 is 1.28 bits per heavy atom. The highest BCUT2D eigenvalue weighted by atomic mass is 32.2. The molecule has 4 nitrogen and oxygen atoms in total. The molecule has 0 unspecified atom stereocenters. The number of amides is 1. The smallest absolute Gasteiger partial charge is 0.254 e. The molecule has 98 valence electrons. The van der Waals surface area contributed by atoms with E-state index in [1.807, 2.05) is 24.3 Å². The summed E-state index contributed by atoms with van der Waals surface area (Å²) in [5, 5.41) is 0. The number of rotatable bonds is 4. The molecule has 1 aromatic carbocycles. The van der Waals surface area contributed by atoms with Crippen LogP contribution >= 0.6 is 0 Å². The second-order valence-corrected chi connectivity index (χ2v) is 6.94. The van der Waals surface area contributed by atoms with Crippen molar-refractivity contribution in [2.45, 2.75) is 12.8 Å². The highest BCUT2D eigenvalue weighted by molar-refractivity contribution is 7.90. The Morgan fingerprint density at radius 3 is 2.72 bits per heavy atom. The van der Waals surface area contributed by atoms with Gasteiger partial charge in [0.2, 0.25) is 0 Å². The molecule has 0 aliphatic carbocycles. The zero-order chi connectivity index (χ0) is 13.2. The van der Waals surface area contributed by atoms with Crippen LogP contribution in [0.1, 0.15) is 22.3 Å². The lowest BCUT2D eigenvalue weighted by Gasteiger charge is -2.28. The van der Waals surface area contributed by atoms with Crippen LogP contribution in [0.5, 0.6) is 0 Å². The zero-order valence-electron chi connectivity index (χ0n) is 10.4. The normalized spacial score (nSPS) is 15.6. The summed E-state index contributed by atoms with van der Waals surface area (Å²) in [6, 6.07) is 7.60. The van der Waals surface area contributed by atoms with Gasteiger partial charge in [-0.2, -0.15) is 0 Å². The summed E-state index contributed by atoms with van der Waals surface area (Å²) in [6.45, 7) is 1.19. The van der Waals surface area contributed by atoms with Gasteiger partial charge in [-0.05, 0) is 24.5 Å². The van der Waals surface area contributed by atoms with E-state index in [2.05, 4.69) is 0 Å². The van der Waals surface area contributed by atoms with Crippen LogP contribution in [-0.4, -0.2) is 44.3 Å². The minimum Gasteiger partial charge on any atom is -0.338 e. The minimum absolute atomic E-state index is 0.0188. The standard InChI is InChI=1S/C13H17NO3S/c1-18(16,17)10-4-8-14-9-7-11-5-2-3-6-12(11)13(14)15/h2-3,5-6H,4,7-10H2,1H3. The van der Waals surface area contributed by atoms with E-state index >= 15 is 0 Å². The minimum atomic E-state index is -2.94. The highest BCUT2D eigenvalue weighted by Crippen LogP contribution is 2.18. The summed E-state index contributed by atoms with van der Waals surface area (Å²) >= 11 is 0. The Labute approximate surface area is 108 Å².